The van der Waals surface area contributed by atoms with Gasteiger partial charge >= 0.3 is 6.01 Å². The smallest absolute Gasteiger partial charge is 0.360 e. The molecule has 0 saturated heterocycles. The summed E-state index contributed by atoms with van der Waals surface area (Å²) in [6.07, 6.45) is 6.04. The molecule has 0 radical (unpaired) electrons. The molecule has 146 valence electrons. The lowest BCUT2D eigenvalue weighted by Crippen LogP contribution is -2.25. The first-order valence-electron chi connectivity index (χ1n) is 8.60. The van der Waals surface area contributed by atoms with Crippen LogP contribution in [0, 0.1) is 0 Å². The van der Waals surface area contributed by atoms with Crippen molar-refractivity contribution in [3.05, 3.63) is 42.5 Å². The van der Waals surface area contributed by atoms with E-state index in [1.807, 2.05) is 17.7 Å². The van der Waals surface area contributed by atoms with Crippen LogP contribution in [0.4, 0.5) is 0 Å². The highest BCUT2D eigenvalue weighted by atomic mass is 32.2. The number of imidazole rings is 1. The Morgan fingerprint density at radius 1 is 1.25 bits per heavy atom. The third-order valence-electron chi connectivity index (χ3n) is 3.52. The summed E-state index contributed by atoms with van der Waals surface area (Å²) < 4.78 is 7.38. The number of hydrogen-bond donors (Lipinski definition) is 2. The van der Waals surface area contributed by atoms with Gasteiger partial charge in [-0.2, -0.15) is 0 Å². The Balaban J connectivity index is 1.57. The van der Waals surface area contributed by atoms with E-state index in [4.69, 9.17) is 4.74 Å². The molecule has 0 aliphatic carbocycles. The quantitative estimate of drug-likeness (QED) is 0.408. The zero-order valence-corrected chi connectivity index (χ0v) is 16.0. The molecule has 0 aliphatic rings. The van der Waals surface area contributed by atoms with Gasteiger partial charge in [0, 0.05) is 37.1 Å². The van der Waals surface area contributed by atoms with Crippen molar-refractivity contribution in [1.82, 2.24) is 35.3 Å². The Morgan fingerprint density at radius 3 is 2.79 bits per heavy atom. The second-order valence-corrected chi connectivity index (χ2v) is 6.86. The molecular formula is C17H19N7O3S. The van der Waals surface area contributed by atoms with Crippen molar-refractivity contribution in [3.8, 4) is 17.5 Å². The molecule has 0 atom stereocenters. The standard InChI is InChI=1S/C17H19N7O3S/c1-2-28-17-22-20-16(21-23-17)27-14-9-12(8-13(25)10-14)15(26)19-4-3-6-24-7-5-18-11-24/h5,7-11,25H,2-4,6H2,1H3,(H,19,26). The molecule has 3 rings (SSSR count). The maximum absolute atomic E-state index is 12.3. The fraction of sp³-hybridized carbons (Fsp3) is 0.294. The molecule has 3 aromatic rings. The first kappa shape index (κ1) is 19.5. The van der Waals surface area contributed by atoms with Gasteiger partial charge in [-0.05, 0) is 24.3 Å². The van der Waals surface area contributed by atoms with E-state index >= 15 is 0 Å². The van der Waals surface area contributed by atoms with E-state index in [1.165, 1.54) is 30.0 Å². The van der Waals surface area contributed by atoms with E-state index in [0.29, 0.717) is 11.7 Å². The van der Waals surface area contributed by atoms with E-state index in [0.717, 1.165) is 18.7 Å². The molecular weight excluding hydrogens is 382 g/mol. The van der Waals surface area contributed by atoms with Crippen molar-refractivity contribution in [2.24, 2.45) is 0 Å². The molecule has 2 aromatic heterocycles. The maximum Gasteiger partial charge on any atom is 0.360 e. The van der Waals surface area contributed by atoms with Crippen LogP contribution in [0.25, 0.3) is 0 Å². The summed E-state index contributed by atoms with van der Waals surface area (Å²) in [4.78, 5) is 16.3. The Labute approximate surface area is 165 Å². The fourth-order valence-electron chi connectivity index (χ4n) is 2.30. The number of phenolic OH excluding ortho intramolecular Hbond substituents is 1. The van der Waals surface area contributed by atoms with Crippen molar-refractivity contribution in [3.63, 3.8) is 0 Å². The number of carbonyl (C=O) groups is 1. The molecule has 2 heterocycles. The SMILES string of the molecule is CCSc1nnc(Oc2cc(O)cc(C(=O)NCCCn3ccnc3)c2)nn1. The second kappa shape index (κ2) is 9.65. The van der Waals surface area contributed by atoms with Crippen molar-refractivity contribution < 1.29 is 14.6 Å². The largest absolute Gasteiger partial charge is 0.508 e. The Bertz CT molecular complexity index is 904. The van der Waals surface area contributed by atoms with Crippen LogP contribution < -0.4 is 10.1 Å². The van der Waals surface area contributed by atoms with E-state index in [9.17, 15) is 9.90 Å². The first-order valence-corrected chi connectivity index (χ1v) is 9.58. The summed E-state index contributed by atoms with van der Waals surface area (Å²) in [7, 11) is 0. The molecule has 2 N–H and O–H groups in total. The van der Waals surface area contributed by atoms with Crippen LogP contribution in [0.1, 0.15) is 23.7 Å². The number of amides is 1. The molecule has 1 aromatic carbocycles. The molecule has 0 spiro atoms. The minimum atomic E-state index is -0.321. The Kier molecular flexibility index (Phi) is 6.73. The molecule has 10 nitrogen and oxygen atoms in total. The fourth-order valence-corrected chi connectivity index (χ4v) is 2.76. The number of thioether (sulfide) groups is 1. The van der Waals surface area contributed by atoms with Crippen LogP contribution in [-0.2, 0) is 6.54 Å². The Hall–Kier alpha value is -3.21. The van der Waals surface area contributed by atoms with Crippen LogP contribution in [0.3, 0.4) is 0 Å². The van der Waals surface area contributed by atoms with Gasteiger partial charge in [0.2, 0.25) is 5.16 Å². The molecule has 11 heteroatoms. The summed E-state index contributed by atoms with van der Waals surface area (Å²) in [5.41, 5.74) is 0.261. The number of aromatic hydroxyl groups is 1. The minimum absolute atomic E-state index is 0.0715. The van der Waals surface area contributed by atoms with Crippen molar-refractivity contribution in [1.29, 1.82) is 0 Å². The average Bonchev–Trinajstić information content (AvgIpc) is 3.20. The van der Waals surface area contributed by atoms with E-state index < -0.39 is 0 Å². The van der Waals surface area contributed by atoms with Gasteiger partial charge in [0.1, 0.15) is 11.5 Å². The number of ether oxygens (including phenoxy) is 1. The number of hydrogen-bond acceptors (Lipinski definition) is 9. The zero-order chi connectivity index (χ0) is 19.8. The average molecular weight is 401 g/mol. The monoisotopic (exact) mass is 401 g/mol. The van der Waals surface area contributed by atoms with E-state index in [2.05, 4.69) is 30.7 Å². The van der Waals surface area contributed by atoms with Crippen LogP contribution >= 0.6 is 11.8 Å². The number of phenols is 1. The zero-order valence-electron chi connectivity index (χ0n) is 15.1. The summed E-state index contributed by atoms with van der Waals surface area (Å²) >= 11 is 1.41. The number of aromatic nitrogens is 6. The number of benzene rings is 1. The van der Waals surface area contributed by atoms with Crippen molar-refractivity contribution >= 4 is 17.7 Å². The molecule has 1 amide bonds. The van der Waals surface area contributed by atoms with Crippen LogP contribution in [0.2, 0.25) is 0 Å². The molecule has 0 aliphatic heterocycles. The van der Waals surface area contributed by atoms with Gasteiger partial charge in [-0.3, -0.25) is 4.79 Å². The van der Waals surface area contributed by atoms with Crippen LogP contribution in [-0.4, -0.2) is 53.3 Å². The van der Waals surface area contributed by atoms with Gasteiger partial charge in [0.05, 0.1) is 6.33 Å². The second-order valence-electron chi connectivity index (χ2n) is 5.63. The number of nitrogens with zero attached hydrogens (tertiary/aromatic N) is 6. The number of nitrogens with one attached hydrogen (secondary N) is 1. The molecule has 0 unspecified atom stereocenters. The topological polar surface area (TPSA) is 128 Å². The van der Waals surface area contributed by atoms with E-state index in [-0.39, 0.29) is 29.0 Å². The number of carbonyl (C=O) groups excluding carboxylic acids is 1. The number of rotatable bonds is 9. The highest BCUT2D eigenvalue weighted by molar-refractivity contribution is 7.99. The van der Waals surface area contributed by atoms with Crippen molar-refractivity contribution in [2.75, 3.05) is 12.3 Å². The lowest BCUT2D eigenvalue weighted by Gasteiger charge is -2.08. The van der Waals surface area contributed by atoms with E-state index in [1.54, 1.807) is 12.5 Å². The predicted octanol–water partition coefficient (Wildman–Crippen LogP) is 1.89. The third kappa shape index (κ3) is 5.64. The van der Waals surface area contributed by atoms with Crippen LogP contribution in [0.15, 0.2) is 42.1 Å². The summed E-state index contributed by atoms with van der Waals surface area (Å²) in [5, 5.41) is 28.5. The molecule has 0 fully saturated rings. The van der Waals surface area contributed by atoms with Gasteiger partial charge in [0.15, 0.2) is 0 Å². The first-order chi connectivity index (χ1) is 13.6. The lowest BCUT2D eigenvalue weighted by atomic mass is 10.2. The molecule has 28 heavy (non-hydrogen) atoms. The van der Waals surface area contributed by atoms with Gasteiger partial charge in [-0.25, -0.2) is 4.98 Å². The van der Waals surface area contributed by atoms with Crippen LogP contribution in [0.5, 0.6) is 17.5 Å². The Morgan fingerprint density at radius 2 is 2.07 bits per heavy atom. The lowest BCUT2D eigenvalue weighted by molar-refractivity contribution is 0.0952. The van der Waals surface area contributed by atoms with Gasteiger partial charge < -0.3 is 19.7 Å². The highest BCUT2D eigenvalue weighted by Crippen LogP contribution is 2.25. The van der Waals surface area contributed by atoms with Crippen molar-refractivity contribution in [2.45, 2.75) is 25.0 Å². The maximum atomic E-state index is 12.3. The molecule has 0 saturated carbocycles. The van der Waals surface area contributed by atoms with Gasteiger partial charge in [-0.1, -0.05) is 28.9 Å². The van der Waals surface area contributed by atoms with Gasteiger partial charge in [-0.15, -0.1) is 10.2 Å². The molecule has 0 bridgehead atoms. The summed E-state index contributed by atoms with van der Waals surface area (Å²) in [5.74, 6) is 0.582. The normalized spacial score (nSPS) is 10.6. The number of aryl methyl sites for hydroxylation is 1. The highest BCUT2D eigenvalue weighted by Gasteiger charge is 2.11. The summed E-state index contributed by atoms with van der Waals surface area (Å²) in [6, 6.07) is 4.13. The van der Waals surface area contributed by atoms with Gasteiger partial charge in [0.25, 0.3) is 5.91 Å². The summed E-state index contributed by atoms with van der Waals surface area (Å²) in [6.45, 7) is 3.20. The predicted molar refractivity (Wildman–Crippen MR) is 101 cm³/mol. The third-order valence-corrected chi connectivity index (χ3v) is 4.23. The minimum Gasteiger partial charge on any atom is -0.508 e.